The molecule has 2 amide bonds. The van der Waals surface area contributed by atoms with Gasteiger partial charge in [-0.15, -0.1) is 0 Å². The van der Waals surface area contributed by atoms with E-state index in [0.29, 0.717) is 12.1 Å². The monoisotopic (exact) mass is 257 g/mol. The Bertz CT molecular complexity index is 564. The van der Waals surface area contributed by atoms with Crippen molar-refractivity contribution in [1.82, 2.24) is 0 Å². The van der Waals surface area contributed by atoms with E-state index in [-0.39, 0.29) is 11.8 Å². The van der Waals surface area contributed by atoms with Crippen LogP contribution in [0.25, 0.3) is 0 Å². The van der Waals surface area contributed by atoms with E-state index in [2.05, 4.69) is 0 Å². The lowest BCUT2D eigenvalue weighted by molar-refractivity contribution is -0.123. The fraction of sp³-hybridized carbons (Fsp3) is 0.333. The van der Waals surface area contributed by atoms with Crippen molar-refractivity contribution >= 4 is 17.5 Å². The summed E-state index contributed by atoms with van der Waals surface area (Å²) in [6, 6.07) is 8.89. The standard InChI is InChI=1S/C15H15NO3/c1-9-7-11-13(12(17)8-9)15(19)16(14(11)18)10-5-3-2-4-6-10/h2-6,8,11-13,17H,7H2,1H3/t11-,12+,13-/m1/s1. The SMILES string of the molecule is CC1=C[C@H](O)[C@@H]2C(=O)N(c3ccccc3)C(=O)[C@@H]2C1. The largest absolute Gasteiger partial charge is 0.388 e. The molecule has 0 bridgehead atoms. The molecule has 1 saturated heterocycles. The van der Waals surface area contributed by atoms with Crippen molar-refractivity contribution in [2.75, 3.05) is 4.90 Å². The van der Waals surface area contributed by atoms with Crippen molar-refractivity contribution in [2.24, 2.45) is 11.8 Å². The maximum absolute atomic E-state index is 12.4. The van der Waals surface area contributed by atoms with E-state index in [4.69, 9.17) is 0 Å². The molecule has 19 heavy (non-hydrogen) atoms. The number of para-hydroxylation sites is 1. The van der Waals surface area contributed by atoms with Crippen molar-refractivity contribution in [3.8, 4) is 0 Å². The number of carbonyl (C=O) groups is 2. The van der Waals surface area contributed by atoms with E-state index in [1.807, 2.05) is 13.0 Å². The maximum atomic E-state index is 12.4. The second-order valence-electron chi connectivity index (χ2n) is 5.19. The molecule has 1 aromatic rings. The van der Waals surface area contributed by atoms with Crippen LogP contribution in [0.1, 0.15) is 13.3 Å². The van der Waals surface area contributed by atoms with Gasteiger partial charge in [-0.05, 0) is 25.5 Å². The number of imide groups is 1. The number of nitrogens with zero attached hydrogens (tertiary/aromatic N) is 1. The number of benzene rings is 1. The molecule has 0 saturated carbocycles. The Labute approximate surface area is 111 Å². The Morgan fingerprint density at radius 3 is 2.53 bits per heavy atom. The first-order chi connectivity index (χ1) is 9.09. The Morgan fingerprint density at radius 1 is 1.16 bits per heavy atom. The highest BCUT2D eigenvalue weighted by Crippen LogP contribution is 2.39. The smallest absolute Gasteiger partial charge is 0.240 e. The molecule has 98 valence electrons. The fourth-order valence-corrected chi connectivity index (χ4v) is 2.99. The summed E-state index contributed by atoms with van der Waals surface area (Å²) >= 11 is 0. The van der Waals surface area contributed by atoms with Gasteiger partial charge in [-0.1, -0.05) is 29.8 Å². The number of aliphatic hydroxyl groups is 1. The van der Waals surface area contributed by atoms with Crippen LogP contribution in [0, 0.1) is 11.8 Å². The van der Waals surface area contributed by atoms with Crippen LogP contribution in [0.15, 0.2) is 42.0 Å². The molecule has 0 spiro atoms. The third kappa shape index (κ3) is 1.79. The number of hydrogen-bond donors (Lipinski definition) is 1. The fourth-order valence-electron chi connectivity index (χ4n) is 2.99. The van der Waals surface area contributed by atoms with Gasteiger partial charge in [0.15, 0.2) is 0 Å². The molecule has 0 unspecified atom stereocenters. The topological polar surface area (TPSA) is 57.6 Å². The first-order valence-electron chi connectivity index (χ1n) is 6.38. The van der Waals surface area contributed by atoms with E-state index in [9.17, 15) is 14.7 Å². The average molecular weight is 257 g/mol. The highest BCUT2D eigenvalue weighted by Gasteiger charge is 2.52. The van der Waals surface area contributed by atoms with Crippen LogP contribution in [0.5, 0.6) is 0 Å². The lowest BCUT2D eigenvalue weighted by Crippen LogP contribution is -2.34. The van der Waals surface area contributed by atoms with Crippen LogP contribution in [0.2, 0.25) is 0 Å². The normalized spacial score (nSPS) is 30.3. The lowest BCUT2D eigenvalue weighted by Gasteiger charge is -2.24. The second kappa shape index (κ2) is 4.31. The molecular weight excluding hydrogens is 242 g/mol. The summed E-state index contributed by atoms with van der Waals surface area (Å²) in [6.45, 7) is 1.88. The summed E-state index contributed by atoms with van der Waals surface area (Å²) in [5.74, 6) is -1.55. The van der Waals surface area contributed by atoms with Gasteiger partial charge in [0.25, 0.3) is 0 Å². The van der Waals surface area contributed by atoms with E-state index in [0.717, 1.165) is 5.57 Å². The summed E-state index contributed by atoms with van der Waals surface area (Å²) < 4.78 is 0. The van der Waals surface area contributed by atoms with Crippen LogP contribution in [-0.2, 0) is 9.59 Å². The average Bonchev–Trinajstić information content (AvgIpc) is 2.62. The first-order valence-corrected chi connectivity index (χ1v) is 6.38. The van der Waals surface area contributed by atoms with E-state index in [1.165, 1.54) is 4.90 Å². The maximum Gasteiger partial charge on any atom is 0.240 e. The number of aliphatic hydroxyl groups excluding tert-OH is 1. The molecule has 4 heteroatoms. The van der Waals surface area contributed by atoms with Gasteiger partial charge in [0, 0.05) is 0 Å². The van der Waals surface area contributed by atoms with Gasteiger partial charge in [0.2, 0.25) is 11.8 Å². The van der Waals surface area contributed by atoms with Crippen molar-refractivity contribution in [3.63, 3.8) is 0 Å². The van der Waals surface area contributed by atoms with Crippen LogP contribution < -0.4 is 4.90 Å². The van der Waals surface area contributed by atoms with E-state index < -0.39 is 17.9 Å². The molecule has 1 aromatic carbocycles. The number of allylic oxidation sites excluding steroid dienone is 1. The molecule has 1 heterocycles. The van der Waals surface area contributed by atoms with Gasteiger partial charge < -0.3 is 5.11 Å². The quantitative estimate of drug-likeness (QED) is 0.612. The molecule has 2 aliphatic rings. The van der Waals surface area contributed by atoms with E-state index in [1.54, 1.807) is 30.3 Å². The van der Waals surface area contributed by atoms with Gasteiger partial charge in [-0.2, -0.15) is 0 Å². The van der Waals surface area contributed by atoms with Gasteiger partial charge in [0.1, 0.15) is 0 Å². The summed E-state index contributed by atoms with van der Waals surface area (Å²) in [6.07, 6.45) is 1.38. The number of hydrogen-bond acceptors (Lipinski definition) is 3. The van der Waals surface area contributed by atoms with E-state index >= 15 is 0 Å². The number of carbonyl (C=O) groups excluding carboxylic acids is 2. The minimum Gasteiger partial charge on any atom is -0.388 e. The number of amides is 2. The van der Waals surface area contributed by atoms with Crippen LogP contribution in [0.4, 0.5) is 5.69 Å². The Hall–Kier alpha value is -1.94. The van der Waals surface area contributed by atoms with Crippen molar-refractivity contribution in [1.29, 1.82) is 0 Å². The molecular formula is C15H15NO3. The highest BCUT2D eigenvalue weighted by molar-refractivity contribution is 6.22. The highest BCUT2D eigenvalue weighted by atomic mass is 16.3. The van der Waals surface area contributed by atoms with Crippen molar-refractivity contribution in [3.05, 3.63) is 42.0 Å². The molecule has 3 atom stereocenters. The minimum atomic E-state index is -0.857. The Balaban J connectivity index is 2.00. The number of fused-ring (bicyclic) bond motifs is 1. The zero-order valence-corrected chi connectivity index (χ0v) is 10.6. The minimum absolute atomic E-state index is 0.201. The predicted molar refractivity (Wildman–Crippen MR) is 70.3 cm³/mol. The Morgan fingerprint density at radius 2 is 1.84 bits per heavy atom. The van der Waals surface area contributed by atoms with Gasteiger partial charge in [-0.3, -0.25) is 9.59 Å². The summed E-state index contributed by atoms with van der Waals surface area (Å²) in [4.78, 5) is 26.0. The van der Waals surface area contributed by atoms with Crippen LogP contribution >= 0.6 is 0 Å². The van der Waals surface area contributed by atoms with Crippen LogP contribution in [0.3, 0.4) is 0 Å². The molecule has 1 aliphatic heterocycles. The molecule has 4 nitrogen and oxygen atoms in total. The summed E-state index contributed by atoms with van der Waals surface area (Å²) in [7, 11) is 0. The van der Waals surface area contributed by atoms with Crippen LogP contribution in [-0.4, -0.2) is 23.0 Å². The number of rotatable bonds is 1. The molecule has 0 aromatic heterocycles. The molecule has 1 fully saturated rings. The third-order valence-corrected chi connectivity index (χ3v) is 3.86. The van der Waals surface area contributed by atoms with Gasteiger partial charge >= 0.3 is 0 Å². The third-order valence-electron chi connectivity index (χ3n) is 3.86. The van der Waals surface area contributed by atoms with Crippen molar-refractivity contribution < 1.29 is 14.7 Å². The molecule has 3 rings (SSSR count). The number of anilines is 1. The Kier molecular flexibility index (Phi) is 2.75. The zero-order valence-electron chi connectivity index (χ0n) is 10.6. The summed E-state index contributed by atoms with van der Waals surface area (Å²) in [5, 5.41) is 10.0. The first kappa shape index (κ1) is 12.1. The summed E-state index contributed by atoms with van der Waals surface area (Å²) in [5.41, 5.74) is 1.54. The second-order valence-corrected chi connectivity index (χ2v) is 5.19. The molecule has 0 radical (unpaired) electrons. The molecule has 1 N–H and O–H groups in total. The van der Waals surface area contributed by atoms with Gasteiger partial charge in [-0.25, -0.2) is 4.90 Å². The molecule has 1 aliphatic carbocycles. The zero-order chi connectivity index (χ0) is 13.6. The van der Waals surface area contributed by atoms with Gasteiger partial charge in [0.05, 0.1) is 23.6 Å². The predicted octanol–water partition coefficient (Wildman–Crippen LogP) is 1.50. The van der Waals surface area contributed by atoms with Crippen molar-refractivity contribution in [2.45, 2.75) is 19.4 Å². The lowest BCUT2D eigenvalue weighted by atomic mass is 9.80.